The van der Waals surface area contributed by atoms with Gasteiger partial charge in [0, 0.05) is 23.5 Å². The van der Waals surface area contributed by atoms with E-state index < -0.39 is 21.7 Å². The van der Waals surface area contributed by atoms with Gasteiger partial charge in [0.15, 0.2) is 17.4 Å². The van der Waals surface area contributed by atoms with Gasteiger partial charge in [0.05, 0.1) is 23.9 Å². The molecule has 2 aromatic carbocycles. The normalized spacial score (nSPS) is 15.6. The number of ether oxygens (including phenoxy) is 1. The smallest absolute Gasteiger partial charge is 0.243 e. The zero-order valence-corrected chi connectivity index (χ0v) is 15.9. The zero-order chi connectivity index (χ0) is 19.4. The summed E-state index contributed by atoms with van der Waals surface area (Å²) in [6.07, 6.45) is 0. The number of rotatable bonds is 6. The highest BCUT2D eigenvalue weighted by atomic mass is 32.2. The largest absolute Gasteiger partial charge is 0.379 e. The van der Waals surface area contributed by atoms with Gasteiger partial charge in [-0.05, 0) is 30.3 Å². The van der Waals surface area contributed by atoms with Crippen LogP contribution in [-0.2, 0) is 14.8 Å². The van der Waals surface area contributed by atoms with E-state index in [0.717, 1.165) is 23.9 Å². The van der Waals surface area contributed by atoms with Crippen LogP contribution in [0.3, 0.4) is 0 Å². The minimum atomic E-state index is -3.61. The second kappa shape index (κ2) is 8.47. The van der Waals surface area contributed by atoms with Crippen LogP contribution in [0.15, 0.2) is 52.3 Å². The number of carbonyl (C=O) groups is 1. The summed E-state index contributed by atoms with van der Waals surface area (Å²) in [6.45, 7) is 1.32. The van der Waals surface area contributed by atoms with Crippen LogP contribution in [0.4, 0.5) is 8.78 Å². The zero-order valence-electron chi connectivity index (χ0n) is 14.2. The number of hydrogen-bond donors (Lipinski definition) is 0. The number of ketones is 1. The van der Waals surface area contributed by atoms with Gasteiger partial charge in [-0.2, -0.15) is 4.31 Å². The predicted molar refractivity (Wildman–Crippen MR) is 97.4 cm³/mol. The number of thioether (sulfide) groups is 1. The molecule has 0 aliphatic carbocycles. The number of nitrogens with zero attached hydrogens (tertiary/aromatic N) is 1. The van der Waals surface area contributed by atoms with Crippen molar-refractivity contribution in [1.29, 1.82) is 0 Å². The van der Waals surface area contributed by atoms with Crippen molar-refractivity contribution in [3.05, 3.63) is 59.7 Å². The average molecular weight is 413 g/mol. The van der Waals surface area contributed by atoms with Gasteiger partial charge in [-0.1, -0.05) is 12.1 Å². The fourth-order valence-corrected chi connectivity index (χ4v) is 4.77. The summed E-state index contributed by atoms with van der Waals surface area (Å²) in [7, 11) is -3.61. The molecule has 0 atom stereocenters. The van der Waals surface area contributed by atoms with Gasteiger partial charge < -0.3 is 4.74 Å². The van der Waals surface area contributed by atoms with Crippen LogP contribution in [0.1, 0.15) is 10.4 Å². The van der Waals surface area contributed by atoms with Crippen LogP contribution < -0.4 is 0 Å². The number of halogens is 2. The van der Waals surface area contributed by atoms with E-state index in [1.165, 1.54) is 34.6 Å². The lowest BCUT2D eigenvalue weighted by Gasteiger charge is -2.26. The molecule has 5 nitrogen and oxygen atoms in total. The predicted octanol–water partition coefficient (Wildman–Crippen LogP) is 2.96. The maximum absolute atomic E-state index is 13.2. The minimum Gasteiger partial charge on any atom is -0.379 e. The van der Waals surface area contributed by atoms with Gasteiger partial charge >= 0.3 is 0 Å². The van der Waals surface area contributed by atoms with E-state index in [9.17, 15) is 22.0 Å². The molecule has 0 amide bonds. The van der Waals surface area contributed by atoms with Crippen LogP contribution in [0.2, 0.25) is 0 Å². The molecular formula is C18H17F2NO4S2. The third kappa shape index (κ3) is 4.73. The topological polar surface area (TPSA) is 63.7 Å². The number of Topliss-reactive ketones (excluding diaryl/α,β-unsaturated/α-hetero) is 1. The first kappa shape index (κ1) is 19.9. The van der Waals surface area contributed by atoms with Gasteiger partial charge in [0.25, 0.3) is 0 Å². The molecule has 1 aliphatic heterocycles. The van der Waals surface area contributed by atoms with E-state index in [1.54, 1.807) is 0 Å². The van der Waals surface area contributed by atoms with Gasteiger partial charge in [0.1, 0.15) is 0 Å². The molecule has 0 aromatic heterocycles. The maximum atomic E-state index is 13.2. The van der Waals surface area contributed by atoms with Crippen molar-refractivity contribution in [2.75, 3.05) is 32.1 Å². The number of sulfonamides is 1. The first-order valence-corrected chi connectivity index (χ1v) is 10.6. The molecule has 1 heterocycles. The van der Waals surface area contributed by atoms with Crippen LogP contribution in [0, 0.1) is 11.6 Å². The monoisotopic (exact) mass is 413 g/mol. The Bertz CT molecular complexity index is 927. The molecule has 144 valence electrons. The minimum absolute atomic E-state index is 0.0284. The molecule has 2 aromatic rings. The summed E-state index contributed by atoms with van der Waals surface area (Å²) in [5.41, 5.74) is 0.353. The Balaban J connectivity index is 1.65. The summed E-state index contributed by atoms with van der Waals surface area (Å²) in [5.74, 6) is -2.12. The molecule has 1 saturated heterocycles. The summed E-state index contributed by atoms with van der Waals surface area (Å²) in [4.78, 5) is 12.8. The van der Waals surface area contributed by atoms with Crippen molar-refractivity contribution in [2.45, 2.75) is 9.79 Å². The first-order valence-electron chi connectivity index (χ1n) is 8.17. The highest BCUT2D eigenvalue weighted by Crippen LogP contribution is 2.22. The second-order valence-electron chi connectivity index (χ2n) is 5.83. The van der Waals surface area contributed by atoms with Crippen LogP contribution >= 0.6 is 11.8 Å². The Hall–Kier alpha value is -1.81. The highest BCUT2D eigenvalue weighted by Gasteiger charge is 2.26. The lowest BCUT2D eigenvalue weighted by atomic mass is 10.1. The molecule has 0 bridgehead atoms. The Morgan fingerprint density at radius 3 is 2.33 bits per heavy atom. The number of hydrogen-bond acceptors (Lipinski definition) is 5. The Morgan fingerprint density at radius 1 is 1.04 bits per heavy atom. The van der Waals surface area contributed by atoms with Crippen molar-refractivity contribution >= 4 is 27.6 Å². The second-order valence-corrected chi connectivity index (χ2v) is 8.82. The summed E-state index contributed by atoms with van der Waals surface area (Å²) in [6, 6.07) is 9.16. The first-order chi connectivity index (χ1) is 12.9. The molecule has 0 radical (unpaired) electrons. The molecule has 0 unspecified atom stereocenters. The molecular weight excluding hydrogens is 396 g/mol. The van der Waals surface area contributed by atoms with Gasteiger partial charge in [0.2, 0.25) is 10.0 Å². The van der Waals surface area contributed by atoms with E-state index in [0.29, 0.717) is 36.8 Å². The third-order valence-electron chi connectivity index (χ3n) is 4.05. The molecule has 0 spiro atoms. The number of carbonyl (C=O) groups excluding carboxylic acids is 1. The lowest BCUT2D eigenvalue weighted by molar-refractivity contribution is 0.0730. The Labute approximate surface area is 160 Å². The van der Waals surface area contributed by atoms with Crippen molar-refractivity contribution < 1.29 is 26.7 Å². The number of morpholine rings is 1. The van der Waals surface area contributed by atoms with Gasteiger partial charge in [-0.3, -0.25) is 4.79 Å². The van der Waals surface area contributed by atoms with Crippen molar-refractivity contribution in [3.8, 4) is 0 Å². The maximum Gasteiger partial charge on any atom is 0.243 e. The molecule has 3 rings (SSSR count). The lowest BCUT2D eigenvalue weighted by Crippen LogP contribution is -2.40. The van der Waals surface area contributed by atoms with Crippen molar-refractivity contribution in [2.24, 2.45) is 0 Å². The average Bonchev–Trinajstić information content (AvgIpc) is 2.69. The van der Waals surface area contributed by atoms with Crippen molar-refractivity contribution in [3.63, 3.8) is 0 Å². The number of benzene rings is 2. The van der Waals surface area contributed by atoms with Crippen LogP contribution in [0.5, 0.6) is 0 Å². The fraction of sp³-hybridized carbons (Fsp3) is 0.278. The van der Waals surface area contributed by atoms with Crippen molar-refractivity contribution in [1.82, 2.24) is 4.31 Å². The summed E-state index contributed by atoms with van der Waals surface area (Å²) < 4.78 is 57.7. The molecule has 1 fully saturated rings. The van der Waals surface area contributed by atoms with E-state index in [-0.39, 0.29) is 16.4 Å². The SMILES string of the molecule is O=C(CSc1ccc(F)c(F)c1)c1ccc(S(=O)(=O)N2CCOCC2)cc1. The summed E-state index contributed by atoms with van der Waals surface area (Å²) in [5, 5.41) is 0. The van der Waals surface area contributed by atoms with Gasteiger partial charge in [-0.25, -0.2) is 17.2 Å². The fourth-order valence-electron chi connectivity index (χ4n) is 2.55. The molecule has 27 heavy (non-hydrogen) atoms. The standard InChI is InChI=1S/C18H17F2NO4S2/c19-16-6-3-14(11-17(16)20)26-12-18(22)13-1-4-15(5-2-13)27(23,24)21-7-9-25-10-8-21/h1-6,11H,7-10,12H2. The Kier molecular flexibility index (Phi) is 6.25. The van der Waals surface area contributed by atoms with Crippen LogP contribution in [0.25, 0.3) is 0 Å². The molecule has 0 N–H and O–H groups in total. The quantitative estimate of drug-likeness (QED) is 0.538. The summed E-state index contributed by atoms with van der Waals surface area (Å²) >= 11 is 1.08. The van der Waals surface area contributed by atoms with E-state index in [4.69, 9.17) is 4.74 Å². The third-order valence-corrected chi connectivity index (χ3v) is 6.95. The van der Waals surface area contributed by atoms with E-state index in [1.807, 2.05) is 0 Å². The van der Waals surface area contributed by atoms with E-state index >= 15 is 0 Å². The molecule has 9 heteroatoms. The Morgan fingerprint density at radius 2 is 1.70 bits per heavy atom. The van der Waals surface area contributed by atoms with E-state index in [2.05, 4.69) is 0 Å². The highest BCUT2D eigenvalue weighted by molar-refractivity contribution is 8.00. The van der Waals surface area contributed by atoms with Crippen LogP contribution in [-0.4, -0.2) is 50.6 Å². The molecule has 1 aliphatic rings. The van der Waals surface area contributed by atoms with Gasteiger partial charge in [-0.15, -0.1) is 11.8 Å². The molecule has 0 saturated carbocycles.